The molecule has 7 rings (SSSR count). The van der Waals surface area contributed by atoms with Crippen LogP contribution in [0.15, 0.2) is 66.7 Å². The molecule has 1 amide bonds. The number of benzene rings is 3. The number of nitrogens with zero attached hydrogens (tertiary/aromatic N) is 1. The van der Waals surface area contributed by atoms with E-state index in [1.165, 1.54) is 28.6 Å². The third-order valence-electron chi connectivity index (χ3n) is 9.07. The number of aromatic nitrogens is 1. The first kappa shape index (κ1) is 26.9. The topological polar surface area (TPSA) is 87.7 Å². The molecule has 218 valence electrons. The van der Waals surface area contributed by atoms with Gasteiger partial charge in [-0.2, -0.15) is 0 Å². The van der Waals surface area contributed by atoms with E-state index in [0.29, 0.717) is 12.0 Å². The molecule has 2 saturated carbocycles. The highest BCUT2D eigenvalue weighted by atomic mass is 16.6. The number of nitrogens with one attached hydrogen (secondary N) is 1. The smallest absolute Gasteiger partial charge is 0.411 e. The molecule has 1 saturated heterocycles. The Hall–Kier alpha value is -3.97. The monoisotopic (exact) mass is 565 g/mol. The standard InChI is InChI=1S/C35H39N3O4/c1-22(23-5-6-23)41-35(39)37-27-13-9-25(10-14-27)34-33(24-7-11-26(36)12-8-24)31-16-15-30(42-29-17-19-40-20-18-29)21-32(31)38(34)28-3-2-4-28/h7-16,21-23,28-29H,2-6,17-20,36H2,1H3,(H,37,39). The highest BCUT2D eigenvalue weighted by Crippen LogP contribution is 2.47. The molecule has 1 aliphatic heterocycles. The van der Waals surface area contributed by atoms with Crippen LogP contribution in [0.4, 0.5) is 16.2 Å². The zero-order valence-electron chi connectivity index (χ0n) is 24.2. The Morgan fingerprint density at radius 3 is 2.31 bits per heavy atom. The zero-order chi connectivity index (χ0) is 28.6. The molecule has 7 heteroatoms. The van der Waals surface area contributed by atoms with Crippen molar-refractivity contribution in [3.8, 4) is 28.1 Å². The summed E-state index contributed by atoms with van der Waals surface area (Å²) in [6, 6.07) is 23.2. The van der Waals surface area contributed by atoms with E-state index >= 15 is 0 Å². The van der Waals surface area contributed by atoms with Gasteiger partial charge in [0.05, 0.1) is 24.4 Å². The molecule has 3 fully saturated rings. The van der Waals surface area contributed by atoms with Crippen molar-refractivity contribution >= 4 is 28.4 Å². The van der Waals surface area contributed by atoms with Crippen LogP contribution in [0.1, 0.15) is 57.9 Å². The summed E-state index contributed by atoms with van der Waals surface area (Å²) in [6.07, 6.45) is 7.35. The molecule has 3 aliphatic rings. The van der Waals surface area contributed by atoms with Gasteiger partial charge in [-0.25, -0.2) is 4.79 Å². The first-order valence-corrected chi connectivity index (χ1v) is 15.4. The maximum Gasteiger partial charge on any atom is 0.411 e. The zero-order valence-corrected chi connectivity index (χ0v) is 24.2. The van der Waals surface area contributed by atoms with Gasteiger partial charge in [0, 0.05) is 47.3 Å². The molecular weight excluding hydrogens is 526 g/mol. The molecule has 1 atom stereocenters. The number of ether oxygens (including phenoxy) is 3. The Labute approximate surface area is 246 Å². The highest BCUT2D eigenvalue weighted by molar-refractivity contribution is 6.05. The average Bonchev–Trinajstić information content (AvgIpc) is 3.78. The second kappa shape index (κ2) is 11.4. The summed E-state index contributed by atoms with van der Waals surface area (Å²) in [6.45, 7) is 3.47. The lowest BCUT2D eigenvalue weighted by Gasteiger charge is -2.30. The van der Waals surface area contributed by atoms with E-state index in [2.05, 4.69) is 52.3 Å². The summed E-state index contributed by atoms with van der Waals surface area (Å²) in [5, 5.41) is 4.11. The SMILES string of the molecule is CC(OC(=O)Nc1ccc(-c2c(-c3ccc(N)cc3)c3ccc(OC4CCOCC4)cc3n2C2CCC2)cc1)C1CC1. The van der Waals surface area contributed by atoms with Crippen molar-refractivity contribution in [1.29, 1.82) is 0 Å². The fourth-order valence-corrected chi connectivity index (χ4v) is 6.29. The number of nitrogens with two attached hydrogens (primary N) is 1. The van der Waals surface area contributed by atoms with Crippen molar-refractivity contribution in [2.24, 2.45) is 5.92 Å². The van der Waals surface area contributed by atoms with E-state index in [1.807, 2.05) is 31.2 Å². The van der Waals surface area contributed by atoms with Crippen LogP contribution in [0.3, 0.4) is 0 Å². The Balaban J connectivity index is 1.29. The largest absolute Gasteiger partial charge is 0.490 e. The van der Waals surface area contributed by atoms with Crippen molar-refractivity contribution in [1.82, 2.24) is 4.57 Å². The predicted molar refractivity (Wildman–Crippen MR) is 167 cm³/mol. The molecule has 1 aromatic heterocycles. The summed E-state index contributed by atoms with van der Waals surface area (Å²) in [4.78, 5) is 12.5. The van der Waals surface area contributed by atoms with Crippen LogP contribution in [-0.2, 0) is 9.47 Å². The summed E-state index contributed by atoms with van der Waals surface area (Å²) in [5.74, 6) is 1.40. The third-order valence-corrected chi connectivity index (χ3v) is 9.07. The molecule has 0 radical (unpaired) electrons. The lowest BCUT2D eigenvalue weighted by molar-refractivity contribution is 0.0256. The Morgan fingerprint density at radius 2 is 1.64 bits per heavy atom. The van der Waals surface area contributed by atoms with Crippen LogP contribution in [0.5, 0.6) is 5.75 Å². The lowest BCUT2D eigenvalue weighted by atomic mass is 9.91. The molecule has 1 unspecified atom stereocenters. The maximum atomic E-state index is 12.5. The molecule has 0 spiro atoms. The molecule has 7 nitrogen and oxygen atoms in total. The van der Waals surface area contributed by atoms with E-state index in [9.17, 15) is 4.79 Å². The van der Waals surface area contributed by atoms with Crippen molar-refractivity contribution < 1.29 is 19.0 Å². The van der Waals surface area contributed by atoms with Crippen LogP contribution < -0.4 is 15.8 Å². The van der Waals surface area contributed by atoms with Crippen molar-refractivity contribution in [3.05, 3.63) is 66.7 Å². The first-order chi connectivity index (χ1) is 20.5. The van der Waals surface area contributed by atoms with Gasteiger partial charge < -0.3 is 24.5 Å². The summed E-state index contributed by atoms with van der Waals surface area (Å²) >= 11 is 0. The Kier molecular flexibility index (Phi) is 7.28. The van der Waals surface area contributed by atoms with E-state index in [1.54, 1.807) is 0 Å². The molecular formula is C35H39N3O4. The van der Waals surface area contributed by atoms with Crippen LogP contribution in [-0.4, -0.2) is 36.1 Å². The van der Waals surface area contributed by atoms with Crippen molar-refractivity contribution in [3.63, 3.8) is 0 Å². The van der Waals surface area contributed by atoms with Gasteiger partial charge >= 0.3 is 6.09 Å². The third kappa shape index (κ3) is 5.45. The number of carbonyl (C=O) groups is 1. The normalized spacial score (nSPS) is 18.4. The van der Waals surface area contributed by atoms with E-state index in [-0.39, 0.29) is 12.2 Å². The predicted octanol–water partition coefficient (Wildman–Crippen LogP) is 8.19. The van der Waals surface area contributed by atoms with E-state index in [0.717, 1.165) is 80.0 Å². The van der Waals surface area contributed by atoms with Crippen LogP contribution >= 0.6 is 0 Å². The Bertz CT molecular complexity index is 1560. The average molecular weight is 566 g/mol. The van der Waals surface area contributed by atoms with Crippen LogP contribution in [0.25, 0.3) is 33.3 Å². The van der Waals surface area contributed by atoms with Crippen molar-refractivity contribution in [2.45, 2.75) is 70.1 Å². The summed E-state index contributed by atoms with van der Waals surface area (Å²) in [5.41, 5.74) is 13.3. The number of nitrogen functional groups attached to an aromatic ring is 1. The first-order valence-electron chi connectivity index (χ1n) is 15.4. The minimum Gasteiger partial charge on any atom is -0.490 e. The highest BCUT2D eigenvalue weighted by Gasteiger charge is 2.31. The second-order valence-corrected chi connectivity index (χ2v) is 12.1. The molecule has 3 N–H and O–H groups in total. The number of hydrogen-bond acceptors (Lipinski definition) is 5. The van der Waals surface area contributed by atoms with Crippen LogP contribution in [0, 0.1) is 5.92 Å². The number of hydrogen-bond donors (Lipinski definition) is 2. The Morgan fingerprint density at radius 1 is 0.929 bits per heavy atom. The number of carbonyl (C=O) groups excluding carboxylic acids is 1. The van der Waals surface area contributed by atoms with Crippen LogP contribution in [0.2, 0.25) is 0 Å². The molecule has 4 aromatic rings. The second-order valence-electron chi connectivity index (χ2n) is 12.1. The van der Waals surface area contributed by atoms with Gasteiger partial charge in [0.2, 0.25) is 0 Å². The molecule has 2 heterocycles. The van der Waals surface area contributed by atoms with Gasteiger partial charge in [-0.3, -0.25) is 5.32 Å². The van der Waals surface area contributed by atoms with Gasteiger partial charge in [0.15, 0.2) is 0 Å². The fourth-order valence-electron chi connectivity index (χ4n) is 6.29. The number of anilines is 2. The van der Waals surface area contributed by atoms with Gasteiger partial charge in [0.25, 0.3) is 0 Å². The van der Waals surface area contributed by atoms with Gasteiger partial charge in [-0.05, 0) is 92.5 Å². The molecule has 42 heavy (non-hydrogen) atoms. The lowest BCUT2D eigenvalue weighted by Crippen LogP contribution is -2.25. The molecule has 0 bridgehead atoms. The number of fused-ring (bicyclic) bond motifs is 1. The minimum atomic E-state index is -0.398. The van der Waals surface area contributed by atoms with Crippen molar-refractivity contribution in [2.75, 3.05) is 24.3 Å². The summed E-state index contributed by atoms with van der Waals surface area (Å²) in [7, 11) is 0. The van der Waals surface area contributed by atoms with E-state index in [4.69, 9.17) is 19.9 Å². The maximum absolute atomic E-state index is 12.5. The molecule has 2 aliphatic carbocycles. The molecule has 3 aromatic carbocycles. The minimum absolute atomic E-state index is 0.0507. The fraction of sp³-hybridized carbons (Fsp3) is 0.400. The quantitative estimate of drug-likeness (QED) is 0.210. The van der Waals surface area contributed by atoms with Gasteiger partial charge in [-0.1, -0.05) is 24.3 Å². The number of rotatable bonds is 8. The van der Waals surface area contributed by atoms with Gasteiger partial charge in [-0.15, -0.1) is 0 Å². The number of amides is 1. The van der Waals surface area contributed by atoms with Gasteiger partial charge in [0.1, 0.15) is 18.0 Å². The summed E-state index contributed by atoms with van der Waals surface area (Å²) < 4.78 is 20.1. The van der Waals surface area contributed by atoms with E-state index < -0.39 is 6.09 Å².